The Bertz CT molecular complexity index is 779. The zero-order valence-electron chi connectivity index (χ0n) is 14.7. The molecule has 0 saturated carbocycles. The number of allylic oxidation sites excluding steroid dienone is 2. The van der Waals surface area contributed by atoms with E-state index >= 15 is 0 Å². The van der Waals surface area contributed by atoms with Gasteiger partial charge in [0, 0.05) is 10.7 Å². The predicted molar refractivity (Wildman–Crippen MR) is 97.7 cm³/mol. The van der Waals surface area contributed by atoms with Gasteiger partial charge in [0.2, 0.25) is 11.8 Å². The first kappa shape index (κ1) is 19.1. The molecule has 3 rings (SSSR count). The van der Waals surface area contributed by atoms with Gasteiger partial charge in [-0.1, -0.05) is 23.8 Å². The van der Waals surface area contributed by atoms with E-state index in [0.29, 0.717) is 23.6 Å². The van der Waals surface area contributed by atoms with E-state index in [1.807, 2.05) is 12.2 Å². The maximum Gasteiger partial charge on any atom is 0.329 e. The first-order valence-corrected chi connectivity index (χ1v) is 9.00. The van der Waals surface area contributed by atoms with E-state index in [1.54, 1.807) is 24.3 Å². The molecule has 1 N–H and O–H groups in total. The summed E-state index contributed by atoms with van der Waals surface area (Å²) < 4.78 is 4.99. The molecular weight excluding hydrogens is 372 g/mol. The fourth-order valence-electron chi connectivity index (χ4n) is 3.30. The van der Waals surface area contributed by atoms with Crippen molar-refractivity contribution in [2.75, 3.05) is 11.9 Å². The van der Waals surface area contributed by atoms with Crippen LogP contribution in [0.2, 0.25) is 5.02 Å². The normalized spacial score (nSPS) is 22.4. The van der Waals surface area contributed by atoms with Gasteiger partial charge in [-0.25, -0.2) is 4.79 Å². The highest BCUT2D eigenvalue weighted by Gasteiger charge is 2.50. The van der Waals surface area contributed by atoms with Crippen LogP contribution in [0.3, 0.4) is 0 Å². The Hall–Kier alpha value is -2.67. The number of amides is 3. The van der Waals surface area contributed by atoms with Crippen LogP contribution in [-0.2, 0) is 23.9 Å². The molecule has 0 aromatic heterocycles. The number of fused-ring (bicyclic) bond motifs is 1. The molecule has 27 heavy (non-hydrogen) atoms. The molecule has 0 spiro atoms. The van der Waals surface area contributed by atoms with Crippen LogP contribution in [0.5, 0.6) is 0 Å². The number of benzene rings is 1. The summed E-state index contributed by atoms with van der Waals surface area (Å²) in [6.07, 6.45) is 4.74. The Balaban J connectivity index is 1.54. The number of nitrogens with zero attached hydrogens (tertiary/aromatic N) is 1. The number of carbonyl (C=O) groups excluding carboxylic acids is 4. The van der Waals surface area contributed by atoms with Gasteiger partial charge >= 0.3 is 5.97 Å². The number of hydrogen-bond acceptors (Lipinski definition) is 5. The minimum Gasteiger partial charge on any atom is -0.454 e. The molecular formula is C19H19ClN2O5. The van der Waals surface area contributed by atoms with Crippen molar-refractivity contribution in [3.8, 4) is 0 Å². The van der Waals surface area contributed by atoms with Gasteiger partial charge in [-0.15, -0.1) is 0 Å². The first-order chi connectivity index (χ1) is 12.9. The maximum absolute atomic E-state index is 12.5. The number of hydrogen-bond donors (Lipinski definition) is 1. The third-order valence-corrected chi connectivity index (χ3v) is 5.00. The molecule has 8 heteroatoms. The summed E-state index contributed by atoms with van der Waals surface area (Å²) in [5.74, 6) is -2.87. The predicted octanol–water partition coefficient (Wildman–Crippen LogP) is 2.16. The van der Waals surface area contributed by atoms with Gasteiger partial charge in [-0.2, -0.15) is 0 Å². The molecule has 142 valence electrons. The number of likely N-dealkylation sites (tertiary alicyclic amines) is 1. The van der Waals surface area contributed by atoms with E-state index in [4.69, 9.17) is 16.3 Å². The second kappa shape index (κ2) is 7.92. The average Bonchev–Trinajstić information content (AvgIpc) is 2.92. The number of halogens is 1. The van der Waals surface area contributed by atoms with Crippen LogP contribution in [0.4, 0.5) is 5.69 Å². The van der Waals surface area contributed by atoms with Crippen LogP contribution >= 0.6 is 11.6 Å². The highest BCUT2D eigenvalue weighted by atomic mass is 35.5. The van der Waals surface area contributed by atoms with E-state index < -0.39 is 36.4 Å². The molecule has 1 aliphatic carbocycles. The van der Waals surface area contributed by atoms with Gasteiger partial charge < -0.3 is 10.1 Å². The third kappa shape index (κ3) is 4.03. The van der Waals surface area contributed by atoms with Gasteiger partial charge in [0.1, 0.15) is 6.04 Å². The van der Waals surface area contributed by atoms with Crippen LogP contribution in [0.15, 0.2) is 36.4 Å². The van der Waals surface area contributed by atoms with Gasteiger partial charge in [-0.05, 0) is 44.0 Å². The summed E-state index contributed by atoms with van der Waals surface area (Å²) in [4.78, 5) is 50.1. The van der Waals surface area contributed by atoms with Crippen molar-refractivity contribution in [1.29, 1.82) is 0 Å². The highest BCUT2D eigenvalue weighted by molar-refractivity contribution is 6.30. The van der Waals surface area contributed by atoms with Crippen LogP contribution in [-0.4, -0.2) is 41.2 Å². The lowest BCUT2D eigenvalue weighted by molar-refractivity contribution is -0.159. The molecule has 3 amide bonds. The lowest BCUT2D eigenvalue weighted by Gasteiger charge is -2.21. The van der Waals surface area contributed by atoms with Crippen LogP contribution in [0.25, 0.3) is 0 Å². The van der Waals surface area contributed by atoms with Gasteiger partial charge in [-0.3, -0.25) is 19.3 Å². The third-order valence-electron chi connectivity index (χ3n) is 4.74. The molecule has 0 bridgehead atoms. The summed E-state index contributed by atoms with van der Waals surface area (Å²) in [5, 5.41) is 3.09. The Morgan fingerprint density at radius 3 is 2.26 bits per heavy atom. The van der Waals surface area contributed by atoms with E-state index in [1.165, 1.54) is 6.92 Å². The highest BCUT2D eigenvalue weighted by Crippen LogP contribution is 2.36. The molecule has 2 aliphatic rings. The molecule has 7 nitrogen and oxygen atoms in total. The number of ether oxygens (including phenoxy) is 1. The van der Waals surface area contributed by atoms with Crippen LogP contribution in [0.1, 0.15) is 19.8 Å². The van der Waals surface area contributed by atoms with Crippen molar-refractivity contribution in [1.82, 2.24) is 4.90 Å². The Morgan fingerprint density at radius 2 is 1.70 bits per heavy atom. The summed E-state index contributed by atoms with van der Waals surface area (Å²) >= 11 is 5.77. The van der Waals surface area contributed by atoms with Crippen molar-refractivity contribution < 1.29 is 23.9 Å². The summed E-state index contributed by atoms with van der Waals surface area (Å²) in [6.45, 7) is 0.913. The lowest BCUT2D eigenvalue weighted by atomic mass is 9.85. The molecule has 1 saturated heterocycles. The van der Waals surface area contributed by atoms with E-state index in [9.17, 15) is 19.2 Å². The van der Waals surface area contributed by atoms with Gasteiger partial charge in [0.05, 0.1) is 11.8 Å². The molecule has 0 radical (unpaired) electrons. The topological polar surface area (TPSA) is 92.8 Å². The van der Waals surface area contributed by atoms with Crippen molar-refractivity contribution in [3.63, 3.8) is 0 Å². The van der Waals surface area contributed by atoms with Crippen molar-refractivity contribution in [3.05, 3.63) is 41.4 Å². The number of rotatable bonds is 5. The van der Waals surface area contributed by atoms with Gasteiger partial charge in [0.15, 0.2) is 6.61 Å². The van der Waals surface area contributed by atoms with E-state index in [2.05, 4.69) is 5.32 Å². The largest absolute Gasteiger partial charge is 0.454 e. The number of esters is 1. The van der Waals surface area contributed by atoms with Crippen LogP contribution < -0.4 is 5.32 Å². The Morgan fingerprint density at radius 1 is 1.15 bits per heavy atom. The molecule has 1 fully saturated rings. The standard InChI is InChI=1S/C19H19ClN2O5/c1-11(22-17(24)14-4-2-3-5-15(14)18(22)25)19(26)27-10-16(23)21-13-8-6-12(20)7-9-13/h2-3,6-9,11,14-15H,4-5,10H2,1H3,(H,21,23)/t11-,14-,15-/m0/s1. The van der Waals surface area contributed by atoms with Crippen LogP contribution in [0, 0.1) is 11.8 Å². The fourth-order valence-corrected chi connectivity index (χ4v) is 3.43. The summed E-state index contributed by atoms with van der Waals surface area (Å²) in [5.41, 5.74) is 0.509. The Labute approximate surface area is 161 Å². The zero-order valence-corrected chi connectivity index (χ0v) is 15.4. The Kier molecular flexibility index (Phi) is 5.60. The van der Waals surface area contributed by atoms with E-state index in [-0.39, 0.29) is 11.8 Å². The minimum absolute atomic E-state index is 0.357. The minimum atomic E-state index is -1.07. The quantitative estimate of drug-likeness (QED) is 0.472. The summed E-state index contributed by atoms with van der Waals surface area (Å²) in [6, 6.07) is 5.39. The molecule has 1 aromatic carbocycles. The molecule has 1 heterocycles. The van der Waals surface area contributed by atoms with Crippen molar-refractivity contribution in [2.24, 2.45) is 11.8 Å². The number of nitrogens with one attached hydrogen (secondary N) is 1. The fraction of sp³-hybridized carbons (Fsp3) is 0.368. The molecule has 0 unspecified atom stereocenters. The van der Waals surface area contributed by atoms with E-state index in [0.717, 1.165) is 4.90 Å². The maximum atomic E-state index is 12.5. The molecule has 3 atom stereocenters. The molecule has 1 aromatic rings. The zero-order chi connectivity index (χ0) is 19.6. The SMILES string of the molecule is C[C@@H](C(=O)OCC(=O)Nc1ccc(Cl)cc1)N1C(=O)[C@H]2CC=CC[C@@H]2C1=O. The average molecular weight is 391 g/mol. The number of anilines is 1. The number of carbonyl (C=O) groups is 4. The van der Waals surface area contributed by atoms with Crippen molar-refractivity contribution in [2.45, 2.75) is 25.8 Å². The van der Waals surface area contributed by atoms with Gasteiger partial charge in [0.25, 0.3) is 5.91 Å². The number of imide groups is 1. The first-order valence-electron chi connectivity index (χ1n) is 8.62. The monoisotopic (exact) mass is 390 g/mol. The smallest absolute Gasteiger partial charge is 0.329 e. The van der Waals surface area contributed by atoms with Crippen molar-refractivity contribution >= 4 is 41.0 Å². The second-order valence-corrected chi connectivity index (χ2v) is 6.98. The molecule has 1 aliphatic heterocycles. The summed E-state index contributed by atoms with van der Waals surface area (Å²) in [7, 11) is 0. The lowest BCUT2D eigenvalue weighted by Crippen LogP contribution is -2.45. The second-order valence-electron chi connectivity index (χ2n) is 6.54.